The topological polar surface area (TPSA) is 55.6 Å². The second-order valence-electron chi connectivity index (χ2n) is 6.83. The van der Waals surface area contributed by atoms with Gasteiger partial charge in [0.1, 0.15) is 5.60 Å². The highest BCUT2D eigenvalue weighted by atomic mass is 16.6. The van der Waals surface area contributed by atoms with Gasteiger partial charge in [0.15, 0.2) is 0 Å². The number of rotatable bonds is 0. The predicted octanol–water partition coefficient (Wildman–Crippen LogP) is 3.05. The number of amides is 1. The number of carbonyl (C=O) groups excluding carboxylic acids is 1. The molecule has 2 aliphatic rings. The summed E-state index contributed by atoms with van der Waals surface area (Å²) in [7, 11) is 0. The molecule has 1 amide bonds. The lowest BCUT2D eigenvalue weighted by Gasteiger charge is -2.51. The number of nitrogens with two attached hydrogens (primary N) is 1. The number of ether oxygens (including phenoxy) is 1. The van der Waals surface area contributed by atoms with E-state index in [1.807, 2.05) is 37.8 Å². The fraction of sp³-hybridized carbons (Fsp3) is 0.562. The predicted molar refractivity (Wildman–Crippen MR) is 78.4 cm³/mol. The van der Waals surface area contributed by atoms with Crippen molar-refractivity contribution in [2.75, 3.05) is 12.3 Å². The van der Waals surface area contributed by atoms with Crippen LogP contribution in [0.15, 0.2) is 18.2 Å². The fourth-order valence-electron chi connectivity index (χ4n) is 3.37. The van der Waals surface area contributed by atoms with Crippen LogP contribution in [-0.2, 0) is 16.7 Å². The Morgan fingerprint density at radius 3 is 2.70 bits per heavy atom. The van der Waals surface area contributed by atoms with Crippen LogP contribution in [0.2, 0.25) is 0 Å². The molecule has 1 aliphatic carbocycles. The number of carbonyl (C=O) groups is 1. The quantitative estimate of drug-likeness (QED) is 0.740. The van der Waals surface area contributed by atoms with Gasteiger partial charge in [-0.15, -0.1) is 0 Å². The lowest BCUT2D eigenvalue weighted by molar-refractivity contribution is -0.0470. The zero-order chi connectivity index (χ0) is 14.5. The normalized spacial score (nSPS) is 24.4. The summed E-state index contributed by atoms with van der Waals surface area (Å²) in [6, 6.07) is 6.04. The molecular formula is C16H22N2O2. The highest BCUT2D eigenvalue weighted by Gasteiger charge is 2.53. The van der Waals surface area contributed by atoms with Gasteiger partial charge in [-0.3, -0.25) is 4.90 Å². The largest absolute Gasteiger partial charge is 0.444 e. The van der Waals surface area contributed by atoms with E-state index < -0.39 is 5.60 Å². The minimum absolute atomic E-state index is 0.147. The molecule has 0 saturated carbocycles. The van der Waals surface area contributed by atoms with Crippen molar-refractivity contribution in [1.82, 2.24) is 4.90 Å². The SMILES string of the molecule is CC(C)(C)OC(=O)N1CC[C@@]12CCc1cc(N)ccc12. The van der Waals surface area contributed by atoms with E-state index in [0.29, 0.717) is 0 Å². The molecule has 0 unspecified atom stereocenters. The molecule has 1 aromatic carbocycles. The van der Waals surface area contributed by atoms with E-state index in [-0.39, 0.29) is 11.6 Å². The Kier molecular flexibility index (Phi) is 2.75. The van der Waals surface area contributed by atoms with Gasteiger partial charge < -0.3 is 10.5 Å². The van der Waals surface area contributed by atoms with Gasteiger partial charge in [-0.05, 0) is 63.3 Å². The van der Waals surface area contributed by atoms with E-state index in [1.54, 1.807) is 0 Å². The van der Waals surface area contributed by atoms with E-state index in [0.717, 1.165) is 31.5 Å². The van der Waals surface area contributed by atoms with E-state index >= 15 is 0 Å². The third kappa shape index (κ3) is 1.94. The summed E-state index contributed by atoms with van der Waals surface area (Å²) in [4.78, 5) is 14.2. The van der Waals surface area contributed by atoms with Crippen molar-refractivity contribution in [3.05, 3.63) is 29.3 Å². The molecule has 1 atom stereocenters. The van der Waals surface area contributed by atoms with Gasteiger partial charge in [0.25, 0.3) is 0 Å². The molecule has 4 heteroatoms. The number of fused-ring (bicyclic) bond motifs is 2. The molecule has 3 rings (SSSR count). The van der Waals surface area contributed by atoms with Crippen LogP contribution >= 0.6 is 0 Å². The lowest BCUT2D eigenvalue weighted by atomic mass is 9.79. The van der Waals surface area contributed by atoms with E-state index in [1.165, 1.54) is 11.1 Å². The van der Waals surface area contributed by atoms with Crippen LogP contribution in [0.4, 0.5) is 10.5 Å². The number of benzene rings is 1. The molecule has 108 valence electrons. The molecule has 1 saturated heterocycles. The van der Waals surface area contributed by atoms with Gasteiger partial charge in [0.05, 0.1) is 5.54 Å². The van der Waals surface area contributed by atoms with Gasteiger partial charge >= 0.3 is 6.09 Å². The Morgan fingerprint density at radius 1 is 1.35 bits per heavy atom. The van der Waals surface area contributed by atoms with E-state index in [9.17, 15) is 4.79 Å². The van der Waals surface area contributed by atoms with Gasteiger partial charge in [-0.1, -0.05) is 6.07 Å². The third-order valence-corrected chi connectivity index (χ3v) is 4.32. The van der Waals surface area contributed by atoms with Crippen LogP contribution in [0.1, 0.15) is 44.7 Å². The highest BCUT2D eigenvalue weighted by molar-refractivity contribution is 5.72. The van der Waals surface area contributed by atoms with Crippen LogP contribution in [-0.4, -0.2) is 23.1 Å². The highest BCUT2D eigenvalue weighted by Crippen LogP contribution is 2.50. The second-order valence-corrected chi connectivity index (χ2v) is 6.83. The van der Waals surface area contributed by atoms with Gasteiger partial charge in [0.2, 0.25) is 0 Å². The molecule has 0 bridgehead atoms. The first-order valence-corrected chi connectivity index (χ1v) is 7.21. The molecule has 1 heterocycles. The monoisotopic (exact) mass is 274 g/mol. The Morgan fingerprint density at radius 2 is 2.10 bits per heavy atom. The number of likely N-dealkylation sites (tertiary alicyclic amines) is 1. The van der Waals surface area contributed by atoms with Crippen molar-refractivity contribution in [2.24, 2.45) is 0 Å². The Bertz CT molecular complexity index is 562. The minimum atomic E-state index is -0.448. The van der Waals surface area contributed by atoms with Crippen molar-refractivity contribution in [3.63, 3.8) is 0 Å². The maximum atomic E-state index is 12.4. The van der Waals surface area contributed by atoms with Crippen molar-refractivity contribution in [3.8, 4) is 0 Å². The standard InChI is InChI=1S/C16H22N2O2/c1-15(2,3)20-14(19)18-9-8-16(18)7-6-11-10-12(17)4-5-13(11)16/h4-5,10H,6-9,17H2,1-3H3/t16-/m1/s1. The van der Waals surface area contributed by atoms with E-state index in [2.05, 4.69) is 6.07 Å². The van der Waals surface area contributed by atoms with Crippen LogP contribution in [0.25, 0.3) is 0 Å². The van der Waals surface area contributed by atoms with Gasteiger partial charge in [-0.25, -0.2) is 4.79 Å². The molecule has 0 radical (unpaired) electrons. The smallest absolute Gasteiger partial charge is 0.411 e. The maximum absolute atomic E-state index is 12.4. The summed E-state index contributed by atoms with van der Waals surface area (Å²) >= 11 is 0. The second kappa shape index (κ2) is 4.14. The molecular weight excluding hydrogens is 252 g/mol. The summed E-state index contributed by atoms with van der Waals surface area (Å²) in [5.41, 5.74) is 8.58. The first-order chi connectivity index (χ1) is 9.32. The molecule has 2 N–H and O–H groups in total. The minimum Gasteiger partial charge on any atom is -0.444 e. The summed E-state index contributed by atoms with van der Waals surface area (Å²) in [5.74, 6) is 0. The summed E-state index contributed by atoms with van der Waals surface area (Å²) in [6.45, 7) is 6.49. The number of hydrogen-bond donors (Lipinski definition) is 1. The molecule has 0 aromatic heterocycles. The number of nitrogens with zero attached hydrogens (tertiary/aromatic N) is 1. The molecule has 1 aromatic rings. The fourth-order valence-corrected chi connectivity index (χ4v) is 3.37. The Balaban J connectivity index is 1.87. The van der Waals surface area contributed by atoms with Crippen LogP contribution < -0.4 is 5.73 Å². The molecule has 4 nitrogen and oxygen atoms in total. The van der Waals surface area contributed by atoms with Crippen LogP contribution in [0.3, 0.4) is 0 Å². The Labute approximate surface area is 119 Å². The first kappa shape index (κ1) is 13.3. The van der Waals surface area contributed by atoms with Crippen LogP contribution in [0.5, 0.6) is 0 Å². The number of anilines is 1. The molecule has 1 aliphatic heterocycles. The Hall–Kier alpha value is -1.71. The summed E-state index contributed by atoms with van der Waals surface area (Å²) < 4.78 is 5.53. The van der Waals surface area contributed by atoms with Crippen molar-refractivity contribution in [1.29, 1.82) is 0 Å². The first-order valence-electron chi connectivity index (χ1n) is 7.21. The van der Waals surface area contributed by atoms with Crippen molar-refractivity contribution in [2.45, 2.75) is 51.2 Å². The van der Waals surface area contributed by atoms with Gasteiger partial charge in [-0.2, -0.15) is 0 Å². The number of nitrogen functional groups attached to an aromatic ring is 1. The third-order valence-electron chi connectivity index (χ3n) is 4.32. The zero-order valence-electron chi connectivity index (χ0n) is 12.4. The van der Waals surface area contributed by atoms with Gasteiger partial charge in [0, 0.05) is 12.2 Å². The molecule has 1 spiro atoms. The van der Waals surface area contributed by atoms with Crippen molar-refractivity contribution < 1.29 is 9.53 Å². The molecule has 20 heavy (non-hydrogen) atoms. The van der Waals surface area contributed by atoms with Crippen LogP contribution in [0, 0.1) is 0 Å². The average molecular weight is 274 g/mol. The molecule has 1 fully saturated rings. The summed E-state index contributed by atoms with van der Waals surface area (Å²) in [5, 5.41) is 0. The number of hydrogen-bond acceptors (Lipinski definition) is 3. The lowest BCUT2D eigenvalue weighted by Crippen LogP contribution is -2.59. The van der Waals surface area contributed by atoms with Crippen molar-refractivity contribution >= 4 is 11.8 Å². The summed E-state index contributed by atoms with van der Waals surface area (Å²) in [6.07, 6.45) is 2.78. The average Bonchev–Trinajstić information content (AvgIpc) is 2.65. The number of aryl methyl sites for hydroxylation is 1. The maximum Gasteiger partial charge on any atom is 0.411 e. The zero-order valence-corrected chi connectivity index (χ0v) is 12.4. The van der Waals surface area contributed by atoms with E-state index in [4.69, 9.17) is 10.5 Å².